The van der Waals surface area contributed by atoms with Gasteiger partial charge in [-0.05, 0) is 37.8 Å². The molecule has 0 fully saturated rings. The van der Waals surface area contributed by atoms with Crippen molar-refractivity contribution in [2.75, 3.05) is 29.9 Å². The summed E-state index contributed by atoms with van der Waals surface area (Å²) >= 11 is 0. The summed E-state index contributed by atoms with van der Waals surface area (Å²) in [6, 6.07) is 9.33. The Morgan fingerprint density at radius 3 is 2.80 bits per heavy atom. The Kier molecular flexibility index (Phi) is 6.05. The van der Waals surface area contributed by atoms with E-state index in [0.29, 0.717) is 60.3 Å². The fourth-order valence-corrected chi connectivity index (χ4v) is 6.22. The molecule has 5 heterocycles. The molecule has 2 aromatic heterocycles. The van der Waals surface area contributed by atoms with E-state index >= 15 is 0 Å². The van der Waals surface area contributed by atoms with Crippen molar-refractivity contribution in [3.63, 3.8) is 0 Å². The Balaban J connectivity index is 1.23. The van der Waals surface area contributed by atoms with Crippen molar-refractivity contribution < 1.29 is 14.6 Å². The molecule has 7 rings (SSSR count). The second-order valence-electron chi connectivity index (χ2n) is 10.6. The standard InChI is InChI=1S/C29H31N7O4/c1-33-29(39)23(30-27-13-18-17-40-12-11-36(18)32-27)14-22(31-33)19-6-4-8-24(21(19)16-37)34-9-10-35-25-7-3-2-5-20(25)28(38)26(35)15-34/h4,6,8,13-15,37H,2-3,5,7,9-12,16-17H2,1H3,(H,30,32). The van der Waals surface area contributed by atoms with Crippen molar-refractivity contribution >= 4 is 23.0 Å². The van der Waals surface area contributed by atoms with Gasteiger partial charge in [0.2, 0.25) is 5.78 Å². The number of aromatic nitrogens is 4. The molecule has 3 aliphatic heterocycles. The van der Waals surface area contributed by atoms with Gasteiger partial charge in [0.25, 0.3) is 5.56 Å². The molecule has 0 spiro atoms. The van der Waals surface area contributed by atoms with Crippen molar-refractivity contribution in [2.24, 2.45) is 7.05 Å². The number of carbonyl (C=O) groups excluding carboxylic acids is 1. The topological polar surface area (TPSA) is 118 Å². The molecule has 0 bridgehead atoms. The van der Waals surface area contributed by atoms with Crippen molar-refractivity contribution in [2.45, 2.75) is 45.4 Å². The van der Waals surface area contributed by atoms with Gasteiger partial charge in [0.1, 0.15) is 11.4 Å². The maximum absolute atomic E-state index is 13.2. The number of ketones is 1. The van der Waals surface area contributed by atoms with Crippen molar-refractivity contribution in [3.8, 4) is 11.3 Å². The molecule has 0 amide bonds. The lowest BCUT2D eigenvalue weighted by atomic mass is 9.96. The molecule has 0 saturated carbocycles. The second-order valence-corrected chi connectivity index (χ2v) is 10.6. The van der Waals surface area contributed by atoms with Gasteiger partial charge >= 0.3 is 0 Å². The summed E-state index contributed by atoms with van der Waals surface area (Å²) in [7, 11) is 1.61. The lowest BCUT2D eigenvalue weighted by Gasteiger charge is -2.35. The predicted molar refractivity (Wildman–Crippen MR) is 149 cm³/mol. The second kappa shape index (κ2) is 9.76. The normalized spacial score (nSPS) is 18.4. The monoisotopic (exact) mass is 541 g/mol. The summed E-state index contributed by atoms with van der Waals surface area (Å²) in [5.41, 5.74) is 6.63. The molecule has 40 heavy (non-hydrogen) atoms. The van der Waals surface area contributed by atoms with E-state index < -0.39 is 0 Å². The largest absolute Gasteiger partial charge is 0.392 e. The zero-order chi connectivity index (χ0) is 27.4. The molecule has 3 aromatic rings. The van der Waals surface area contributed by atoms with Crippen LogP contribution in [0.2, 0.25) is 0 Å². The smallest absolute Gasteiger partial charge is 0.290 e. The van der Waals surface area contributed by atoms with E-state index in [9.17, 15) is 14.7 Å². The summed E-state index contributed by atoms with van der Waals surface area (Å²) in [4.78, 5) is 30.4. The minimum Gasteiger partial charge on any atom is -0.392 e. The molecule has 4 aliphatic rings. The Hall–Kier alpha value is -4.22. The first kappa shape index (κ1) is 24.8. The highest BCUT2D eigenvalue weighted by Crippen LogP contribution is 2.41. The van der Waals surface area contributed by atoms with Crippen molar-refractivity contribution in [3.05, 3.63) is 75.1 Å². The summed E-state index contributed by atoms with van der Waals surface area (Å²) in [5.74, 6) is 0.692. The molecule has 0 unspecified atom stereocenters. The van der Waals surface area contributed by atoms with Crippen molar-refractivity contribution in [1.29, 1.82) is 0 Å². The van der Waals surface area contributed by atoms with Gasteiger partial charge < -0.3 is 25.0 Å². The number of hydrogen-bond acceptors (Lipinski definition) is 9. The van der Waals surface area contributed by atoms with Crippen LogP contribution in [0.25, 0.3) is 11.3 Å². The number of Topliss-reactive ketones (excluding diaryl/α,β-unsaturated/α-hetero) is 1. The summed E-state index contributed by atoms with van der Waals surface area (Å²) in [5, 5.41) is 22.8. The maximum atomic E-state index is 13.2. The summed E-state index contributed by atoms with van der Waals surface area (Å²) < 4.78 is 8.67. The number of aliphatic hydroxyl groups is 1. The molecule has 2 N–H and O–H groups in total. The number of nitrogens with one attached hydrogen (secondary N) is 1. The van der Waals surface area contributed by atoms with Gasteiger partial charge in [-0.2, -0.15) is 10.2 Å². The van der Waals surface area contributed by atoms with Gasteiger partial charge in [0.15, 0.2) is 5.82 Å². The van der Waals surface area contributed by atoms with E-state index in [1.807, 2.05) is 35.1 Å². The van der Waals surface area contributed by atoms with Crippen LogP contribution >= 0.6 is 0 Å². The van der Waals surface area contributed by atoms with Gasteiger partial charge in [0.05, 0.1) is 37.8 Å². The van der Waals surface area contributed by atoms with Crippen LogP contribution in [-0.4, -0.2) is 55.0 Å². The molecule has 0 radical (unpaired) electrons. The highest BCUT2D eigenvalue weighted by atomic mass is 16.5. The Morgan fingerprint density at radius 2 is 1.95 bits per heavy atom. The first-order valence-corrected chi connectivity index (χ1v) is 13.8. The molecule has 11 nitrogen and oxygen atoms in total. The Bertz CT molecular complexity index is 1630. The highest BCUT2D eigenvalue weighted by Gasteiger charge is 2.38. The fourth-order valence-electron chi connectivity index (χ4n) is 6.22. The third-order valence-electron chi connectivity index (χ3n) is 8.19. The molecule has 1 aliphatic carbocycles. The lowest BCUT2D eigenvalue weighted by Crippen LogP contribution is -2.37. The lowest BCUT2D eigenvalue weighted by molar-refractivity contribution is -0.112. The quantitative estimate of drug-likeness (QED) is 0.503. The van der Waals surface area contributed by atoms with Gasteiger partial charge in [-0.1, -0.05) is 12.1 Å². The Morgan fingerprint density at radius 1 is 1.07 bits per heavy atom. The zero-order valence-electron chi connectivity index (χ0n) is 22.4. The first-order chi connectivity index (χ1) is 19.5. The van der Waals surface area contributed by atoms with Gasteiger partial charge in [-0.15, -0.1) is 0 Å². The van der Waals surface area contributed by atoms with Gasteiger partial charge in [-0.25, -0.2) is 4.68 Å². The molecular formula is C29H31N7O4. The van der Waals surface area contributed by atoms with E-state index in [1.165, 1.54) is 10.4 Å². The molecular weight excluding hydrogens is 510 g/mol. The molecule has 0 saturated heterocycles. The number of allylic oxidation sites excluding steroid dienone is 2. The number of aliphatic hydroxyl groups excluding tert-OH is 1. The molecule has 0 atom stereocenters. The number of anilines is 3. The molecule has 1 aromatic carbocycles. The minimum atomic E-state index is -0.287. The van der Waals surface area contributed by atoms with Gasteiger partial charge in [-0.3, -0.25) is 14.3 Å². The number of ether oxygens (including phenoxy) is 1. The highest BCUT2D eigenvalue weighted by molar-refractivity contribution is 6.11. The number of benzene rings is 1. The van der Waals surface area contributed by atoms with Crippen molar-refractivity contribution in [1.82, 2.24) is 24.5 Å². The molecule has 206 valence electrons. The van der Waals surface area contributed by atoms with E-state index in [0.717, 1.165) is 49.2 Å². The maximum Gasteiger partial charge on any atom is 0.290 e. The van der Waals surface area contributed by atoms with E-state index in [4.69, 9.17) is 4.74 Å². The van der Waals surface area contributed by atoms with Crippen LogP contribution in [-0.2, 0) is 36.3 Å². The summed E-state index contributed by atoms with van der Waals surface area (Å²) in [6.45, 7) is 2.93. The predicted octanol–water partition coefficient (Wildman–Crippen LogP) is 2.78. The van der Waals surface area contributed by atoms with E-state index in [1.54, 1.807) is 13.1 Å². The molecule has 11 heteroatoms. The summed E-state index contributed by atoms with van der Waals surface area (Å²) in [6.07, 6.45) is 5.92. The zero-order valence-corrected chi connectivity index (χ0v) is 22.4. The number of nitrogens with zero attached hydrogens (tertiary/aromatic N) is 6. The number of hydrogen-bond donors (Lipinski definition) is 2. The number of aryl methyl sites for hydroxylation is 1. The van der Waals surface area contributed by atoms with Crippen LogP contribution in [0.15, 0.2) is 58.3 Å². The fraction of sp³-hybridized carbons (Fsp3) is 0.379. The SMILES string of the molecule is Cn1nc(-c2cccc(N3C=C4C(=O)C5=C(CCCC5)N4CC3)c2CO)cc(Nc2cc3n(n2)CCOC3)c1=O. The average Bonchev–Trinajstić information content (AvgIpc) is 3.52. The van der Waals surface area contributed by atoms with E-state index in [-0.39, 0.29) is 17.9 Å². The number of rotatable bonds is 5. The van der Waals surface area contributed by atoms with Crippen LogP contribution in [0, 0.1) is 0 Å². The number of carbonyl (C=O) groups is 1. The first-order valence-electron chi connectivity index (χ1n) is 13.8. The third kappa shape index (κ3) is 4.04. The van der Waals surface area contributed by atoms with Crippen LogP contribution in [0.5, 0.6) is 0 Å². The van der Waals surface area contributed by atoms with Crippen LogP contribution in [0.4, 0.5) is 17.2 Å². The minimum absolute atomic E-state index is 0.129. The van der Waals surface area contributed by atoms with Gasteiger partial charge in [0, 0.05) is 60.5 Å². The average molecular weight is 542 g/mol. The Labute approximate surface area is 231 Å². The third-order valence-corrected chi connectivity index (χ3v) is 8.19. The van der Waals surface area contributed by atoms with Crippen LogP contribution < -0.4 is 15.8 Å². The van der Waals surface area contributed by atoms with E-state index in [2.05, 4.69) is 25.3 Å². The van der Waals surface area contributed by atoms with Crippen LogP contribution in [0.3, 0.4) is 0 Å². The van der Waals surface area contributed by atoms with Crippen LogP contribution in [0.1, 0.15) is 36.9 Å². The number of fused-ring (bicyclic) bond motifs is 3.